The number of nitriles is 1. The lowest BCUT2D eigenvalue weighted by atomic mass is 10.1. The van der Waals surface area contributed by atoms with Crippen LogP contribution in [0.5, 0.6) is 0 Å². The van der Waals surface area contributed by atoms with Crippen LogP contribution < -0.4 is 0 Å². The van der Waals surface area contributed by atoms with Crippen molar-refractivity contribution >= 4 is 23.2 Å². The molecule has 0 saturated carbocycles. The van der Waals surface area contributed by atoms with Crippen LogP contribution in [0.25, 0.3) is 0 Å². The van der Waals surface area contributed by atoms with E-state index in [1.54, 1.807) is 6.07 Å². The van der Waals surface area contributed by atoms with Crippen molar-refractivity contribution in [2.24, 2.45) is 0 Å². The number of alkyl halides is 2. The molecule has 0 amide bonds. The maximum absolute atomic E-state index is 12.7. The smallest absolute Gasteiger partial charge is 0.140 e. The van der Waals surface area contributed by atoms with Crippen LogP contribution in [-0.2, 0) is 0 Å². The van der Waals surface area contributed by atoms with Gasteiger partial charge in [0.05, 0.1) is 5.56 Å². The molecule has 0 N–H and O–H groups in total. The van der Waals surface area contributed by atoms with Gasteiger partial charge in [0.25, 0.3) is 0 Å². The van der Waals surface area contributed by atoms with Gasteiger partial charge in [-0.1, -0.05) is 6.07 Å². The minimum absolute atomic E-state index is 0.0428. The standard InChI is InChI=1S/C8H4Cl2FN/c9-8(10)5-1-2-7(11)6(3-5)4-12/h1-3,8H. The largest absolute Gasteiger partial charge is 0.206 e. The van der Waals surface area contributed by atoms with Crippen molar-refractivity contribution in [2.75, 3.05) is 0 Å². The summed E-state index contributed by atoms with van der Waals surface area (Å²) in [5, 5.41) is 8.45. The summed E-state index contributed by atoms with van der Waals surface area (Å²) in [6.07, 6.45) is 0. The van der Waals surface area contributed by atoms with Crippen LogP contribution in [0.4, 0.5) is 4.39 Å². The molecule has 0 bridgehead atoms. The molecule has 0 aromatic heterocycles. The number of rotatable bonds is 1. The third-order valence-electron chi connectivity index (χ3n) is 1.36. The topological polar surface area (TPSA) is 23.8 Å². The van der Waals surface area contributed by atoms with E-state index < -0.39 is 10.7 Å². The lowest BCUT2D eigenvalue weighted by molar-refractivity contribution is 0.623. The van der Waals surface area contributed by atoms with Crippen molar-refractivity contribution in [3.63, 3.8) is 0 Å². The first kappa shape index (κ1) is 9.31. The first-order valence-corrected chi connectivity index (χ1v) is 4.00. The molecule has 0 atom stereocenters. The fourth-order valence-electron chi connectivity index (χ4n) is 0.764. The monoisotopic (exact) mass is 203 g/mol. The Morgan fingerprint density at radius 2 is 2.08 bits per heavy atom. The summed E-state index contributed by atoms with van der Waals surface area (Å²) >= 11 is 11.0. The zero-order valence-electron chi connectivity index (χ0n) is 5.89. The molecule has 0 saturated heterocycles. The molecule has 1 rings (SSSR count). The van der Waals surface area contributed by atoms with Gasteiger partial charge in [-0.15, -0.1) is 23.2 Å². The van der Waals surface area contributed by atoms with Gasteiger partial charge in [-0.05, 0) is 17.7 Å². The average Bonchev–Trinajstić information content (AvgIpc) is 2.05. The van der Waals surface area contributed by atoms with E-state index in [0.717, 1.165) is 0 Å². The first-order valence-electron chi connectivity index (χ1n) is 3.13. The van der Waals surface area contributed by atoms with Crippen LogP contribution in [-0.4, -0.2) is 0 Å². The highest BCUT2D eigenvalue weighted by atomic mass is 35.5. The zero-order chi connectivity index (χ0) is 9.14. The van der Waals surface area contributed by atoms with Gasteiger partial charge in [0, 0.05) is 0 Å². The van der Waals surface area contributed by atoms with Gasteiger partial charge in [0.2, 0.25) is 0 Å². The molecule has 0 fully saturated rings. The highest BCUT2D eigenvalue weighted by Gasteiger charge is 2.07. The molecule has 1 nitrogen and oxygen atoms in total. The second kappa shape index (κ2) is 3.75. The molecule has 62 valence electrons. The van der Waals surface area contributed by atoms with E-state index in [9.17, 15) is 4.39 Å². The van der Waals surface area contributed by atoms with Crippen molar-refractivity contribution < 1.29 is 4.39 Å². The molecule has 1 aromatic rings. The minimum atomic E-state index is -0.724. The normalized spacial score (nSPS) is 9.92. The number of benzene rings is 1. The summed E-state index contributed by atoms with van der Waals surface area (Å²) in [6, 6.07) is 5.65. The van der Waals surface area contributed by atoms with E-state index >= 15 is 0 Å². The van der Waals surface area contributed by atoms with Crippen LogP contribution in [0, 0.1) is 17.1 Å². The Balaban J connectivity index is 3.16. The van der Waals surface area contributed by atoms with Crippen LogP contribution in [0.1, 0.15) is 16.0 Å². The van der Waals surface area contributed by atoms with E-state index in [1.807, 2.05) is 0 Å². The van der Waals surface area contributed by atoms with Gasteiger partial charge in [0.15, 0.2) is 0 Å². The first-order chi connectivity index (χ1) is 5.65. The van der Waals surface area contributed by atoms with Gasteiger partial charge >= 0.3 is 0 Å². The van der Waals surface area contributed by atoms with Crippen molar-refractivity contribution in [3.05, 3.63) is 35.1 Å². The Bertz CT molecular complexity index is 330. The Kier molecular flexibility index (Phi) is 2.91. The zero-order valence-corrected chi connectivity index (χ0v) is 7.40. The third kappa shape index (κ3) is 1.88. The fourth-order valence-corrected chi connectivity index (χ4v) is 1.04. The molecule has 0 radical (unpaired) electrons. The molecule has 4 heteroatoms. The Morgan fingerprint density at radius 1 is 1.42 bits per heavy atom. The van der Waals surface area contributed by atoms with Crippen molar-refractivity contribution in [1.29, 1.82) is 5.26 Å². The molecule has 0 heterocycles. The van der Waals surface area contributed by atoms with Crippen LogP contribution in [0.15, 0.2) is 18.2 Å². The van der Waals surface area contributed by atoms with Gasteiger partial charge in [0.1, 0.15) is 16.7 Å². The third-order valence-corrected chi connectivity index (χ3v) is 1.87. The van der Waals surface area contributed by atoms with E-state index in [0.29, 0.717) is 5.56 Å². The second-order valence-electron chi connectivity index (χ2n) is 2.15. The van der Waals surface area contributed by atoms with Crippen molar-refractivity contribution in [2.45, 2.75) is 4.84 Å². The Labute approximate surface area is 79.3 Å². The molecule has 0 spiro atoms. The molecule has 0 aliphatic heterocycles. The summed E-state index contributed by atoms with van der Waals surface area (Å²) in [7, 11) is 0. The maximum atomic E-state index is 12.7. The average molecular weight is 204 g/mol. The van der Waals surface area contributed by atoms with E-state index in [-0.39, 0.29) is 5.56 Å². The molecule has 12 heavy (non-hydrogen) atoms. The molecule has 1 aromatic carbocycles. The van der Waals surface area contributed by atoms with Gasteiger partial charge in [-0.2, -0.15) is 5.26 Å². The SMILES string of the molecule is N#Cc1cc(C(Cl)Cl)ccc1F. The molecule has 0 unspecified atom stereocenters. The quantitative estimate of drug-likeness (QED) is 0.644. The van der Waals surface area contributed by atoms with Crippen molar-refractivity contribution in [1.82, 2.24) is 0 Å². The lowest BCUT2D eigenvalue weighted by Crippen LogP contribution is -1.87. The highest BCUT2D eigenvalue weighted by molar-refractivity contribution is 6.44. The molecule has 0 aliphatic carbocycles. The van der Waals surface area contributed by atoms with Gasteiger partial charge in [-0.3, -0.25) is 0 Å². The minimum Gasteiger partial charge on any atom is -0.206 e. The Hall–Kier alpha value is -0.780. The van der Waals surface area contributed by atoms with Gasteiger partial charge in [-0.25, -0.2) is 4.39 Å². The van der Waals surface area contributed by atoms with E-state index in [1.165, 1.54) is 18.2 Å². The summed E-state index contributed by atoms with van der Waals surface area (Å²) in [4.78, 5) is -0.724. The molecular formula is C8H4Cl2FN. The molecule has 0 aliphatic rings. The molecular weight excluding hydrogens is 200 g/mol. The number of hydrogen-bond donors (Lipinski definition) is 0. The van der Waals surface area contributed by atoms with Crippen LogP contribution in [0.2, 0.25) is 0 Å². The predicted molar refractivity (Wildman–Crippen MR) is 45.6 cm³/mol. The number of halogens is 3. The summed E-state index contributed by atoms with van der Waals surface area (Å²) in [6.45, 7) is 0. The predicted octanol–water partition coefficient (Wildman–Crippen LogP) is 3.17. The van der Waals surface area contributed by atoms with E-state index in [4.69, 9.17) is 28.5 Å². The van der Waals surface area contributed by atoms with Crippen LogP contribution in [0.3, 0.4) is 0 Å². The summed E-state index contributed by atoms with van der Waals surface area (Å²) in [5.41, 5.74) is 0.482. The summed E-state index contributed by atoms with van der Waals surface area (Å²) in [5.74, 6) is -0.560. The fraction of sp³-hybridized carbons (Fsp3) is 0.125. The Morgan fingerprint density at radius 3 is 2.58 bits per heavy atom. The summed E-state index contributed by atoms with van der Waals surface area (Å²) < 4.78 is 12.7. The van der Waals surface area contributed by atoms with E-state index in [2.05, 4.69) is 0 Å². The maximum Gasteiger partial charge on any atom is 0.140 e. The number of nitrogens with zero attached hydrogens (tertiary/aromatic N) is 1. The second-order valence-corrected chi connectivity index (χ2v) is 3.25. The highest BCUT2D eigenvalue weighted by Crippen LogP contribution is 2.25. The number of hydrogen-bond acceptors (Lipinski definition) is 1. The van der Waals surface area contributed by atoms with Crippen molar-refractivity contribution in [3.8, 4) is 6.07 Å². The van der Waals surface area contributed by atoms with Gasteiger partial charge < -0.3 is 0 Å². The van der Waals surface area contributed by atoms with Crippen LogP contribution >= 0.6 is 23.2 Å². The lowest BCUT2D eigenvalue weighted by Gasteiger charge is -2.01.